The van der Waals surface area contributed by atoms with Crippen LogP contribution < -0.4 is 4.74 Å². The summed E-state index contributed by atoms with van der Waals surface area (Å²) in [5, 5.41) is 7.42. The van der Waals surface area contributed by atoms with Gasteiger partial charge in [0, 0.05) is 13.3 Å². The van der Waals surface area contributed by atoms with Crippen LogP contribution in [0.3, 0.4) is 0 Å². The number of ether oxygens (including phenoxy) is 1. The minimum atomic E-state index is -0.833. The molecule has 0 unspecified atom stereocenters. The molecule has 3 heteroatoms. The SMILES string of the molecule is CC(=O)O.CC1(C)Cc2ccccc2O1. The minimum absolute atomic E-state index is 0.00366. The highest BCUT2D eigenvalue weighted by molar-refractivity contribution is 5.62. The number of hydrogen-bond donors (Lipinski definition) is 1. The van der Waals surface area contributed by atoms with E-state index in [1.54, 1.807) is 0 Å². The van der Waals surface area contributed by atoms with Crippen molar-refractivity contribution in [3.8, 4) is 5.75 Å². The lowest BCUT2D eigenvalue weighted by Crippen LogP contribution is -2.24. The fourth-order valence-corrected chi connectivity index (χ4v) is 1.54. The highest BCUT2D eigenvalue weighted by Crippen LogP contribution is 2.33. The number of carbonyl (C=O) groups is 1. The molecule has 1 aliphatic heterocycles. The molecule has 1 heterocycles. The Labute approximate surface area is 89.7 Å². The molecule has 2 rings (SSSR count). The maximum Gasteiger partial charge on any atom is 0.300 e. The number of para-hydroxylation sites is 1. The van der Waals surface area contributed by atoms with E-state index in [1.165, 1.54) is 5.56 Å². The largest absolute Gasteiger partial charge is 0.487 e. The number of benzene rings is 1. The molecule has 1 aromatic carbocycles. The standard InChI is InChI=1S/C10H12O.C2H4O2/c1-10(2)7-8-5-3-4-6-9(8)11-10;1-2(3)4/h3-6H,7H2,1-2H3;1H3,(H,3,4). The first-order valence-corrected chi connectivity index (χ1v) is 4.87. The smallest absolute Gasteiger partial charge is 0.300 e. The van der Waals surface area contributed by atoms with Crippen molar-refractivity contribution in [3.63, 3.8) is 0 Å². The zero-order valence-corrected chi connectivity index (χ0v) is 9.28. The molecule has 1 N–H and O–H groups in total. The zero-order chi connectivity index (χ0) is 11.5. The lowest BCUT2D eigenvalue weighted by Gasteiger charge is -2.16. The Bertz CT molecular complexity index is 325. The second kappa shape index (κ2) is 4.34. The molecule has 0 radical (unpaired) electrons. The van der Waals surface area contributed by atoms with Crippen LogP contribution in [0.25, 0.3) is 0 Å². The van der Waals surface area contributed by atoms with Gasteiger partial charge in [0.05, 0.1) is 0 Å². The Morgan fingerprint density at radius 1 is 1.40 bits per heavy atom. The van der Waals surface area contributed by atoms with Crippen LogP contribution in [0.2, 0.25) is 0 Å². The van der Waals surface area contributed by atoms with E-state index in [0.717, 1.165) is 19.1 Å². The molecular formula is C12H16O3. The van der Waals surface area contributed by atoms with Crippen molar-refractivity contribution in [1.82, 2.24) is 0 Å². The predicted octanol–water partition coefficient (Wildman–Crippen LogP) is 2.49. The van der Waals surface area contributed by atoms with Gasteiger partial charge in [0.2, 0.25) is 0 Å². The first-order valence-electron chi connectivity index (χ1n) is 4.87. The Balaban J connectivity index is 0.000000245. The molecule has 0 amide bonds. The summed E-state index contributed by atoms with van der Waals surface area (Å²) in [7, 11) is 0. The first kappa shape index (κ1) is 11.6. The highest BCUT2D eigenvalue weighted by Gasteiger charge is 2.28. The van der Waals surface area contributed by atoms with E-state index in [4.69, 9.17) is 14.6 Å². The normalized spacial score (nSPS) is 15.7. The van der Waals surface area contributed by atoms with E-state index in [-0.39, 0.29) is 5.60 Å². The Morgan fingerprint density at radius 3 is 2.47 bits per heavy atom. The molecule has 1 aliphatic rings. The van der Waals surface area contributed by atoms with E-state index < -0.39 is 5.97 Å². The van der Waals surface area contributed by atoms with Gasteiger partial charge in [-0.05, 0) is 25.5 Å². The third-order valence-corrected chi connectivity index (χ3v) is 1.98. The van der Waals surface area contributed by atoms with Gasteiger partial charge in [0.25, 0.3) is 5.97 Å². The number of fused-ring (bicyclic) bond motifs is 1. The van der Waals surface area contributed by atoms with Crippen molar-refractivity contribution in [2.24, 2.45) is 0 Å². The van der Waals surface area contributed by atoms with Crippen molar-refractivity contribution >= 4 is 5.97 Å². The highest BCUT2D eigenvalue weighted by atomic mass is 16.5. The van der Waals surface area contributed by atoms with Crippen molar-refractivity contribution in [2.45, 2.75) is 32.8 Å². The molecule has 0 spiro atoms. The molecule has 0 aromatic heterocycles. The van der Waals surface area contributed by atoms with Gasteiger partial charge in [-0.3, -0.25) is 4.79 Å². The second-order valence-corrected chi connectivity index (χ2v) is 4.17. The second-order valence-electron chi connectivity index (χ2n) is 4.17. The van der Waals surface area contributed by atoms with Crippen LogP contribution in [0.1, 0.15) is 26.3 Å². The molecule has 0 saturated carbocycles. The molecule has 0 bridgehead atoms. The Morgan fingerprint density at radius 2 is 1.93 bits per heavy atom. The summed E-state index contributed by atoms with van der Waals surface area (Å²) >= 11 is 0. The summed E-state index contributed by atoms with van der Waals surface area (Å²) in [5.74, 6) is 0.220. The van der Waals surface area contributed by atoms with Gasteiger partial charge in [0.1, 0.15) is 11.4 Å². The number of rotatable bonds is 0. The van der Waals surface area contributed by atoms with E-state index in [2.05, 4.69) is 26.0 Å². The van der Waals surface area contributed by atoms with Crippen LogP contribution in [0, 0.1) is 0 Å². The van der Waals surface area contributed by atoms with Crippen LogP contribution in [0.5, 0.6) is 5.75 Å². The third-order valence-electron chi connectivity index (χ3n) is 1.98. The Hall–Kier alpha value is -1.51. The molecule has 15 heavy (non-hydrogen) atoms. The average molecular weight is 208 g/mol. The van der Waals surface area contributed by atoms with Gasteiger partial charge < -0.3 is 9.84 Å². The van der Waals surface area contributed by atoms with Crippen LogP contribution in [-0.2, 0) is 11.2 Å². The molecule has 3 nitrogen and oxygen atoms in total. The van der Waals surface area contributed by atoms with Crippen molar-refractivity contribution in [2.75, 3.05) is 0 Å². The van der Waals surface area contributed by atoms with Gasteiger partial charge >= 0.3 is 0 Å². The van der Waals surface area contributed by atoms with Gasteiger partial charge in [-0.2, -0.15) is 0 Å². The molecule has 0 atom stereocenters. The number of hydrogen-bond acceptors (Lipinski definition) is 2. The van der Waals surface area contributed by atoms with Crippen LogP contribution in [0.4, 0.5) is 0 Å². The molecule has 1 aromatic rings. The predicted molar refractivity (Wildman–Crippen MR) is 58.2 cm³/mol. The quantitative estimate of drug-likeness (QED) is 0.712. The number of carboxylic acids is 1. The fraction of sp³-hybridized carbons (Fsp3) is 0.417. The molecular weight excluding hydrogens is 192 g/mol. The van der Waals surface area contributed by atoms with Gasteiger partial charge in [-0.1, -0.05) is 18.2 Å². The topological polar surface area (TPSA) is 46.5 Å². The number of carboxylic acid groups (broad SMARTS) is 1. The Kier molecular flexibility index (Phi) is 3.35. The van der Waals surface area contributed by atoms with E-state index in [9.17, 15) is 0 Å². The van der Waals surface area contributed by atoms with Crippen LogP contribution >= 0.6 is 0 Å². The lowest BCUT2D eigenvalue weighted by atomic mass is 10.0. The van der Waals surface area contributed by atoms with Crippen molar-refractivity contribution in [3.05, 3.63) is 29.8 Å². The van der Waals surface area contributed by atoms with Gasteiger partial charge in [-0.15, -0.1) is 0 Å². The van der Waals surface area contributed by atoms with Crippen molar-refractivity contribution in [1.29, 1.82) is 0 Å². The van der Waals surface area contributed by atoms with Crippen LogP contribution in [0.15, 0.2) is 24.3 Å². The monoisotopic (exact) mass is 208 g/mol. The van der Waals surface area contributed by atoms with Crippen molar-refractivity contribution < 1.29 is 14.6 Å². The summed E-state index contributed by atoms with van der Waals surface area (Å²) in [5.41, 5.74) is 1.33. The first-order chi connectivity index (χ1) is 6.91. The third kappa shape index (κ3) is 3.62. The molecule has 0 saturated heterocycles. The van der Waals surface area contributed by atoms with Gasteiger partial charge in [-0.25, -0.2) is 0 Å². The summed E-state index contributed by atoms with van der Waals surface area (Å²) in [6.07, 6.45) is 1.03. The summed E-state index contributed by atoms with van der Waals surface area (Å²) < 4.78 is 5.69. The summed E-state index contributed by atoms with van der Waals surface area (Å²) in [6, 6.07) is 8.23. The van der Waals surface area contributed by atoms with E-state index >= 15 is 0 Å². The molecule has 0 aliphatic carbocycles. The van der Waals surface area contributed by atoms with E-state index in [0.29, 0.717) is 0 Å². The molecule has 0 fully saturated rings. The average Bonchev–Trinajstić information content (AvgIpc) is 2.36. The maximum absolute atomic E-state index is 9.00. The minimum Gasteiger partial charge on any atom is -0.487 e. The van der Waals surface area contributed by atoms with E-state index in [1.807, 2.05) is 12.1 Å². The molecule has 82 valence electrons. The summed E-state index contributed by atoms with van der Waals surface area (Å²) in [4.78, 5) is 9.00. The zero-order valence-electron chi connectivity index (χ0n) is 9.28. The van der Waals surface area contributed by atoms with Gasteiger partial charge in [0.15, 0.2) is 0 Å². The summed E-state index contributed by atoms with van der Waals surface area (Å²) in [6.45, 7) is 5.32. The number of aliphatic carboxylic acids is 1. The van der Waals surface area contributed by atoms with Crippen LogP contribution in [-0.4, -0.2) is 16.7 Å². The maximum atomic E-state index is 9.00. The fourth-order valence-electron chi connectivity index (χ4n) is 1.54. The lowest BCUT2D eigenvalue weighted by molar-refractivity contribution is -0.134.